The van der Waals surface area contributed by atoms with E-state index in [1.807, 2.05) is 0 Å². The molecule has 1 rings (SSSR count). The highest BCUT2D eigenvalue weighted by atomic mass is 16.6. The Hall–Kier alpha value is -1.19. The minimum atomic E-state index is -0.891. The van der Waals surface area contributed by atoms with Gasteiger partial charge >= 0.3 is 5.97 Å². The number of carbonyl (C=O) groups excluding carboxylic acids is 1. The summed E-state index contributed by atoms with van der Waals surface area (Å²) in [5, 5.41) is 2.52. The SMILES string of the molecule is CC1=CC(N=O)OC1=O. The molecule has 0 aromatic carbocycles. The highest BCUT2D eigenvalue weighted by Crippen LogP contribution is 2.12. The second-order valence-corrected chi connectivity index (χ2v) is 1.75. The molecule has 0 N–H and O–H groups in total. The molecule has 1 aliphatic heterocycles. The van der Waals surface area contributed by atoms with Gasteiger partial charge in [0.05, 0.1) is 0 Å². The molecule has 0 radical (unpaired) electrons. The van der Waals surface area contributed by atoms with E-state index in [9.17, 15) is 9.70 Å². The smallest absolute Gasteiger partial charge is 0.335 e. The number of nitroso groups, excluding NO2 is 1. The molecule has 1 unspecified atom stereocenters. The Morgan fingerprint density at radius 2 is 2.44 bits per heavy atom. The largest absolute Gasteiger partial charge is 0.429 e. The van der Waals surface area contributed by atoms with Crippen LogP contribution in [0.4, 0.5) is 0 Å². The molecular formula is C5H5NO3. The molecule has 0 aromatic rings. The first-order chi connectivity index (χ1) is 4.24. The van der Waals surface area contributed by atoms with Crippen LogP contribution in [-0.4, -0.2) is 12.2 Å². The van der Waals surface area contributed by atoms with Gasteiger partial charge in [-0.25, -0.2) is 4.79 Å². The van der Waals surface area contributed by atoms with Crippen LogP contribution in [0.25, 0.3) is 0 Å². The zero-order chi connectivity index (χ0) is 6.85. The fourth-order valence-corrected chi connectivity index (χ4v) is 0.570. The lowest BCUT2D eigenvalue weighted by molar-refractivity contribution is -0.139. The van der Waals surface area contributed by atoms with Gasteiger partial charge in [0.2, 0.25) is 0 Å². The first-order valence-electron chi connectivity index (χ1n) is 2.46. The Labute approximate surface area is 51.5 Å². The third-order valence-corrected chi connectivity index (χ3v) is 1.05. The highest BCUT2D eigenvalue weighted by Gasteiger charge is 2.21. The number of esters is 1. The van der Waals surface area contributed by atoms with E-state index in [0.717, 1.165) is 0 Å². The third-order valence-electron chi connectivity index (χ3n) is 1.05. The Morgan fingerprint density at radius 3 is 2.67 bits per heavy atom. The summed E-state index contributed by atoms with van der Waals surface area (Å²) in [6, 6.07) is 0. The van der Waals surface area contributed by atoms with E-state index < -0.39 is 12.2 Å². The van der Waals surface area contributed by atoms with Crippen LogP contribution in [0.2, 0.25) is 0 Å². The number of ether oxygens (including phenoxy) is 1. The lowest BCUT2D eigenvalue weighted by Crippen LogP contribution is -2.03. The fourth-order valence-electron chi connectivity index (χ4n) is 0.570. The Bertz CT molecular complexity index is 185. The lowest BCUT2D eigenvalue weighted by Gasteiger charge is -1.93. The lowest BCUT2D eigenvalue weighted by atomic mass is 10.3. The Balaban J connectivity index is 2.73. The number of hydrogen-bond donors (Lipinski definition) is 0. The standard InChI is InChI=1S/C5H5NO3/c1-3-2-4(6-8)9-5(3)7/h2,4H,1H3. The van der Waals surface area contributed by atoms with Gasteiger partial charge in [0, 0.05) is 5.57 Å². The van der Waals surface area contributed by atoms with Crippen molar-refractivity contribution in [2.24, 2.45) is 5.18 Å². The number of cyclic esters (lactones) is 1. The van der Waals surface area contributed by atoms with Crippen LogP contribution in [-0.2, 0) is 9.53 Å². The van der Waals surface area contributed by atoms with Gasteiger partial charge in [-0.1, -0.05) is 0 Å². The molecule has 0 aromatic heterocycles. The van der Waals surface area contributed by atoms with E-state index >= 15 is 0 Å². The van der Waals surface area contributed by atoms with Crippen molar-refractivity contribution in [2.75, 3.05) is 0 Å². The van der Waals surface area contributed by atoms with Gasteiger partial charge in [-0.3, -0.25) is 0 Å². The summed E-state index contributed by atoms with van der Waals surface area (Å²) < 4.78 is 4.41. The average molecular weight is 127 g/mol. The van der Waals surface area contributed by atoms with Crippen molar-refractivity contribution in [3.05, 3.63) is 16.6 Å². The molecule has 1 atom stereocenters. The number of carbonyl (C=O) groups is 1. The fraction of sp³-hybridized carbons (Fsp3) is 0.400. The summed E-state index contributed by atoms with van der Waals surface area (Å²) >= 11 is 0. The zero-order valence-electron chi connectivity index (χ0n) is 4.83. The van der Waals surface area contributed by atoms with E-state index in [-0.39, 0.29) is 0 Å². The molecule has 0 fully saturated rings. The molecule has 4 nitrogen and oxygen atoms in total. The third kappa shape index (κ3) is 0.960. The second kappa shape index (κ2) is 1.97. The Kier molecular flexibility index (Phi) is 1.30. The summed E-state index contributed by atoms with van der Waals surface area (Å²) in [4.78, 5) is 20.2. The molecule has 9 heavy (non-hydrogen) atoms. The average Bonchev–Trinajstić information content (AvgIpc) is 2.13. The maximum Gasteiger partial charge on any atom is 0.335 e. The van der Waals surface area contributed by atoms with Gasteiger partial charge in [0.25, 0.3) is 6.23 Å². The summed E-state index contributed by atoms with van der Waals surface area (Å²) in [5.74, 6) is -0.459. The first kappa shape index (κ1) is 5.94. The van der Waals surface area contributed by atoms with E-state index in [4.69, 9.17) is 0 Å². The van der Waals surface area contributed by atoms with Crippen LogP contribution < -0.4 is 0 Å². The van der Waals surface area contributed by atoms with Crippen LogP contribution in [0.5, 0.6) is 0 Å². The van der Waals surface area contributed by atoms with Gasteiger partial charge in [0.15, 0.2) is 0 Å². The van der Waals surface area contributed by atoms with E-state index in [1.165, 1.54) is 6.08 Å². The maximum absolute atomic E-state index is 10.5. The van der Waals surface area contributed by atoms with Gasteiger partial charge in [0.1, 0.15) is 0 Å². The molecular weight excluding hydrogens is 122 g/mol. The maximum atomic E-state index is 10.5. The van der Waals surface area contributed by atoms with E-state index in [1.54, 1.807) is 6.92 Å². The zero-order valence-corrected chi connectivity index (χ0v) is 4.83. The number of nitrogens with zero attached hydrogens (tertiary/aromatic N) is 1. The van der Waals surface area contributed by atoms with Crippen LogP contribution in [0.3, 0.4) is 0 Å². The van der Waals surface area contributed by atoms with Crippen molar-refractivity contribution in [1.82, 2.24) is 0 Å². The van der Waals surface area contributed by atoms with Gasteiger partial charge in [-0.2, -0.15) is 0 Å². The highest BCUT2D eigenvalue weighted by molar-refractivity contribution is 5.90. The summed E-state index contributed by atoms with van der Waals surface area (Å²) in [6.07, 6.45) is 0.493. The molecule has 0 saturated heterocycles. The number of hydrogen-bond acceptors (Lipinski definition) is 4. The molecule has 1 heterocycles. The summed E-state index contributed by atoms with van der Waals surface area (Å²) in [6.45, 7) is 1.58. The van der Waals surface area contributed by atoms with Crippen LogP contribution >= 0.6 is 0 Å². The second-order valence-electron chi connectivity index (χ2n) is 1.75. The van der Waals surface area contributed by atoms with Gasteiger partial charge in [-0.15, -0.1) is 4.91 Å². The summed E-state index contributed by atoms with van der Waals surface area (Å²) in [7, 11) is 0. The normalized spacial score (nSPS) is 25.2. The molecule has 0 spiro atoms. The first-order valence-corrected chi connectivity index (χ1v) is 2.46. The molecule has 0 bridgehead atoms. The van der Waals surface area contributed by atoms with Crippen molar-refractivity contribution in [2.45, 2.75) is 13.2 Å². The van der Waals surface area contributed by atoms with E-state index in [2.05, 4.69) is 9.91 Å². The molecule has 48 valence electrons. The minimum Gasteiger partial charge on any atom is -0.429 e. The van der Waals surface area contributed by atoms with Gasteiger partial charge in [-0.05, 0) is 18.2 Å². The van der Waals surface area contributed by atoms with Crippen molar-refractivity contribution in [3.63, 3.8) is 0 Å². The number of rotatable bonds is 1. The predicted molar refractivity (Wildman–Crippen MR) is 29.4 cm³/mol. The van der Waals surface area contributed by atoms with Crippen molar-refractivity contribution in [3.8, 4) is 0 Å². The van der Waals surface area contributed by atoms with Crippen LogP contribution in [0.1, 0.15) is 6.92 Å². The quantitative estimate of drug-likeness (QED) is 0.382. The van der Waals surface area contributed by atoms with Crippen molar-refractivity contribution < 1.29 is 9.53 Å². The van der Waals surface area contributed by atoms with Crippen molar-refractivity contribution >= 4 is 5.97 Å². The monoisotopic (exact) mass is 127 g/mol. The topological polar surface area (TPSA) is 55.7 Å². The Morgan fingerprint density at radius 1 is 1.78 bits per heavy atom. The van der Waals surface area contributed by atoms with Crippen LogP contribution in [0, 0.1) is 4.91 Å². The molecule has 0 aliphatic carbocycles. The minimum absolute atomic E-state index is 0.444. The molecule has 1 aliphatic rings. The molecule has 4 heteroatoms. The van der Waals surface area contributed by atoms with E-state index in [0.29, 0.717) is 5.57 Å². The van der Waals surface area contributed by atoms with Crippen LogP contribution in [0.15, 0.2) is 16.8 Å². The molecule has 0 saturated carbocycles. The summed E-state index contributed by atoms with van der Waals surface area (Å²) in [5.41, 5.74) is 0.444. The molecule has 0 amide bonds. The van der Waals surface area contributed by atoms with Crippen molar-refractivity contribution in [1.29, 1.82) is 0 Å². The predicted octanol–water partition coefficient (Wildman–Crippen LogP) is 0.582. The van der Waals surface area contributed by atoms with Gasteiger partial charge < -0.3 is 4.74 Å².